The molecule has 0 radical (unpaired) electrons. The molecule has 0 spiro atoms. The van der Waals surface area contributed by atoms with Gasteiger partial charge in [0, 0.05) is 23.0 Å². The van der Waals surface area contributed by atoms with Crippen molar-refractivity contribution in [2.75, 3.05) is 5.32 Å². The SMILES string of the molecule is CCC(C)Nc1cncc2ccccc12. The zero-order chi connectivity index (χ0) is 10.7. The summed E-state index contributed by atoms with van der Waals surface area (Å²) in [5, 5.41) is 5.90. The summed E-state index contributed by atoms with van der Waals surface area (Å²) in [4.78, 5) is 4.24. The van der Waals surface area contributed by atoms with E-state index < -0.39 is 0 Å². The van der Waals surface area contributed by atoms with Crippen LogP contribution in [0, 0.1) is 0 Å². The maximum atomic E-state index is 4.24. The van der Waals surface area contributed by atoms with Gasteiger partial charge in [-0.15, -0.1) is 0 Å². The molecular weight excluding hydrogens is 184 g/mol. The third-order valence-electron chi connectivity index (χ3n) is 2.68. The van der Waals surface area contributed by atoms with Gasteiger partial charge in [-0.1, -0.05) is 31.2 Å². The van der Waals surface area contributed by atoms with Crippen LogP contribution in [0.25, 0.3) is 10.8 Å². The summed E-state index contributed by atoms with van der Waals surface area (Å²) in [6.07, 6.45) is 4.91. The Balaban J connectivity index is 2.42. The zero-order valence-electron chi connectivity index (χ0n) is 9.20. The topological polar surface area (TPSA) is 24.9 Å². The van der Waals surface area contributed by atoms with E-state index in [-0.39, 0.29) is 0 Å². The van der Waals surface area contributed by atoms with Gasteiger partial charge in [0.2, 0.25) is 0 Å². The molecule has 0 saturated carbocycles. The van der Waals surface area contributed by atoms with E-state index in [2.05, 4.69) is 42.3 Å². The first-order valence-corrected chi connectivity index (χ1v) is 5.40. The van der Waals surface area contributed by atoms with E-state index in [0.29, 0.717) is 6.04 Å². The van der Waals surface area contributed by atoms with Crippen molar-refractivity contribution in [3.63, 3.8) is 0 Å². The zero-order valence-corrected chi connectivity index (χ0v) is 9.20. The highest BCUT2D eigenvalue weighted by Gasteiger charge is 2.03. The lowest BCUT2D eigenvalue weighted by atomic mass is 10.1. The molecule has 2 nitrogen and oxygen atoms in total. The molecule has 0 saturated heterocycles. The highest BCUT2D eigenvalue weighted by atomic mass is 14.9. The molecule has 1 aromatic heterocycles. The molecule has 0 bridgehead atoms. The van der Waals surface area contributed by atoms with Crippen LogP contribution in [0.1, 0.15) is 20.3 Å². The van der Waals surface area contributed by atoms with Crippen molar-refractivity contribution in [1.29, 1.82) is 0 Å². The molecule has 1 atom stereocenters. The summed E-state index contributed by atoms with van der Waals surface area (Å²) in [6.45, 7) is 4.36. The lowest BCUT2D eigenvalue weighted by molar-refractivity contribution is 0.764. The number of hydrogen-bond acceptors (Lipinski definition) is 2. The van der Waals surface area contributed by atoms with E-state index in [0.717, 1.165) is 12.1 Å². The minimum atomic E-state index is 0.484. The van der Waals surface area contributed by atoms with Crippen LogP contribution in [0.2, 0.25) is 0 Å². The van der Waals surface area contributed by atoms with E-state index in [1.807, 2.05) is 18.5 Å². The lowest BCUT2D eigenvalue weighted by Crippen LogP contribution is -2.13. The van der Waals surface area contributed by atoms with E-state index in [1.165, 1.54) is 10.8 Å². The standard InChI is InChI=1S/C13H16N2/c1-3-10(2)15-13-9-14-8-11-6-4-5-7-12(11)13/h4-10,15H,3H2,1-2H3. The largest absolute Gasteiger partial charge is 0.381 e. The third kappa shape index (κ3) is 2.09. The van der Waals surface area contributed by atoms with Crippen molar-refractivity contribution < 1.29 is 0 Å². The number of anilines is 1. The third-order valence-corrected chi connectivity index (χ3v) is 2.68. The van der Waals surface area contributed by atoms with E-state index in [1.54, 1.807) is 0 Å². The molecular formula is C13H16N2. The Bertz CT molecular complexity index is 446. The monoisotopic (exact) mass is 200 g/mol. The van der Waals surface area contributed by atoms with Crippen LogP contribution in [-0.4, -0.2) is 11.0 Å². The molecule has 0 fully saturated rings. The minimum Gasteiger partial charge on any atom is -0.381 e. The Hall–Kier alpha value is -1.57. The normalized spacial score (nSPS) is 12.7. The number of benzene rings is 1. The van der Waals surface area contributed by atoms with Crippen LogP contribution in [0.5, 0.6) is 0 Å². The average molecular weight is 200 g/mol. The number of nitrogens with one attached hydrogen (secondary N) is 1. The Kier molecular flexibility index (Phi) is 2.86. The van der Waals surface area contributed by atoms with E-state index >= 15 is 0 Å². The number of pyridine rings is 1. The number of aromatic nitrogens is 1. The molecule has 0 aliphatic heterocycles. The van der Waals surface area contributed by atoms with Crippen molar-refractivity contribution >= 4 is 16.5 Å². The van der Waals surface area contributed by atoms with E-state index in [9.17, 15) is 0 Å². The van der Waals surface area contributed by atoms with Gasteiger partial charge in [0.25, 0.3) is 0 Å². The van der Waals surface area contributed by atoms with Crippen molar-refractivity contribution in [2.45, 2.75) is 26.3 Å². The highest BCUT2D eigenvalue weighted by molar-refractivity contribution is 5.92. The van der Waals surface area contributed by atoms with Crippen molar-refractivity contribution in [3.8, 4) is 0 Å². The molecule has 0 aliphatic carbocycles. The number of rotatable bonds is 3. The fourth-order valence-electron chi connectivity index (χ4n) is 1.60. The molecule has 0 amide bonds. The van der Waals surface area contributed by atoms with Gasteiger partial charge in [-0.3, -0.25) is 4.98 Å². The van der Waals surface area contributed by atoms with Gasteiger partial charge in [-0.2, -0.15) is 0 Å². The molecule has 1 unspecified atom stereocenters. The Labute approximate surface area is 90.3 Å². The summed E-state index contributed by atoms with van der Waals surface area (Å²) in [7, 11) is 0. The van der Waals surface area contributed by atoms with Crippen molar-refractivity contribution in [2.24, 2.45) is 0 Å². The molecule has 2 aromatic rings. The molecule has 15 heavy (non-hydrogen) atoms. The quantitative estimate of drug-likeness (QED) is 0.820. The Morgan fingerprint density at radius 1 is 1.27 bits per heavy atom. The summed E-state index contributed by atoms with van der Waals surface area (Å²) < 4.78 is 0. The van der Waals surface area contributed by atoms with Crippen LogP contribution < -0.4 is 5.32 Å². The molecule has 78 valence electrons. The predicted molar refractivity (Wildman–Crippen MR) is 65.1 cm³/mol. The first-order chi connectivity index (χ1) is 7.31. The van der Waals surface area contributed by atoms with Crippen molar-refractivity contribution in [3.05, 3.63) is 36.7 Å². The summed E-state index contributed by atoms with van der Waals surface area (Å²) in [5.74, 6) is 0. The van der Waals surface area contributed by atoms with Gasteiger partial charge in [-0.05, 0) is 13.3 Å². The number of hydrogen-bond donors (Lipinski definition) is 1. The fourth-order valence-corrected chi connectivity index (χ4v) is 1.60. The molecule has 0 aliphatic rings. The average Bonchev–Trinajstić information content (AvgIpc) is 2.29. The molecule has 1 heterocycles. The Morgan fingerprint density at radius 2 is 2.07 bits per heavy atom. The smallest absolute Gasteiger partial charge is 0.0608 e. The maximum absolute atomic E-state index is 4.24. The van der Waals surface area contributed by atoms with Crippen LogP contribution >= 0.6 is 0 Å². The second-order valence-electron chi connectivity index (χ2n) is 3.86. The summed E-state index contributed by atoms with van der Waals surface area (Å²) in [6, 6.07) is 8.80. The van der Waals surface area contributed by atoms with Gasteiger partial charge < -0.3 is 5.32 Å². The van der Waals surface area contributed by atoms with Gasteiger partial charge in [-0.25, -0.2) is 0 Å². The molecule has 2 heteroatoms. The fraction of sp³-hybridized carbons (Fsp3) is 0.308. The predicted octanol–water partition coefficient (Wildman–Crippen LogP) is 3.45. The second-order valence-corrected chi connectivity index (χ2v) is 3.86. The summed E-state index contributed by atoms with van der Waals surface area (Å²) >= 11 is 0. The summed E-state index contributed by atoms with van der Waals surface area (Å²) in [5.41, 5.74) is 1.13. The molecule has 2 rings (SSSR count). The van der Waals surface area contributed by atoms with Crippen LogP contribution in [-0.2, 0) is 0 Å². The van der Waals surface area contributed by atoms with Gasteiger partial charge in [0.15, 0.2) is 0 Å². The van der Waals surface area contributed by atoms with Crippen LogP contribution in [0.4, 0.5) is 5.69 Å². The maximum Gasteiger partial charge on any atom is 0.0608 e. The Morgan fingerprint density at radius 3 is 2.87 bits per heavy atom. The number of fused-ring (bicyclic) bond motifs is 1. The van der Waals surface area contributed by atoms with Crippen LogP contribution in [0.3, 0.4) is 0 Å². The molecule has 1 aromatic carbocycles. The van der Waals surface area contributed by atoms with Crippen LogP contribution in [0.15, 0.2) is 36.7 Å². The van der Waals surface area contributed by atoms with Gasteiger partial charge in [0.05, 0.1) is 11.9 Å². The highest BCUT2D eigenvalue weighted by Crippen LogP contribution is 2.22. The van der Waals surface area contributed by atoms with Gasteiger partial charge in [0.1, 0.15) is 0 Å². The number of nitrogens with zero attached hydrogens (tertiary/aromatic N) is 1. The minimum absolute atomic E-state index is 0.484. The first-order valence-electron chi connectivity index (χ1n) is 5.40. The first kappa shape index (κ1) is 9.97. The lowest BCUT2D eigenvalue weighted by Gasteiger charge is -2.14. The molecule has 1 N–H and O–H groups in total. The second kappa shape index (κ2) is 4.30. The van der Waals surface area contributed by atoms with Gasteiger partial charge >= 0.3 is 0 Å². The van der Waals surface area contributed by atoms with Crippen molar-refractivity contribution in [1.82, 2.24) is 4.98 Å². The van der Waals surface area contributed by atoms with E-state index in [4.69, 9.17) is 0 Å².